The molecular weight excluding hydrogens is 502 g/mol. The number of halogens is 2. The van der Waals surface area contributed by atoms with Crippen LogP contribution < -0.4 is 10.6 Å². The van der Waals surface area contributed by atoms with Gasteiger partial charge in [0.15, 0.2) is 5.96 Å². The molecule has 0 saturated heterocycles. The Hall–Kier alpha value is -1.24. The number of nitrogens with one attached hydrogen (secondary N) is 2. The lowest BCUT2D eigenvalue weighted by Crippen LogP contribution is -2.36. The molecule has 0 bridgehead atoms. The summed E-state index contributed by atoms with van der Waals surface area (Å²) < 4.78 is 39.0. The largest absolute Gasteiger partial charge is 0.357 e. The highest BCUT2D eigenvalue weighted by molar-refractivity contribution is 14.0. The molecular formula is C17H24FIN4O2S2. The number of hydrogen-bond donors (Lipinski definition) is 2. The third kappa shape index (κ3) is 7.01. The maximum atomic E-state index is 13.2. The molecule has 0 amide bonds. The van der Waals surface area contributed by atoms with Gasteiger partial charge in [0.05, 0.1) is 13.1 Å². The minimum absolute atomic E-state index is 0. The highest BCUT2D eigenvalue weighted by Crippen LogP contribution is 2.23. The summed E-state index contributed by atoms with van der Waals surface area (Å²) in [5.74, 6) is 0.297. The summed E-state index contributed by atoms with van der Waals surface area (Å²) in [7, 11) is -0.394. The van der Waals surface area contributed by atoms with Gasteiger partial charge in [0.25, 0.3) is 10.0 Å². The van der Waals surface area contributed by atoms with Crippen molar-refractivity contribution < 1.29 is 12.8 Å². The van der Waals surface area contributed by atoms with Gasteiger partial charge in [0.2, 0.25) is 0 Å². The molecule has 2 N–H and O–H groups in total. The van der Waals surface area contributed by atoms with Crippen molar-refractivity contribution in [3.05, 3.63) is 52.7 Å². The molecule has 0 spiro atoms. The first kappa shape index (κ1) is 23.8. The smallest absolute Gasteiger partial charge is 0.252 e. The van der Waals surface area contributed by atoms with Crippen molar-refractivity contribution >= 4 is 51.3 Å². The maximum Gasteiger partial charge on any atom is 0.252 e. The SMILES string of the molecule is CCNC(=NCc1cccc(F)c1)NCc1ccc(S(=O)(=O)N(C)C)s1.I. The molecule has 0 radical (unpaired) electrons. The Morgan fingerprint density at radius 2 is 1.96 bits per heavy atom. The Bertz CT molecular complexity index is 869. The fraction of sp³-hybridized carbons (Fsp3) is 0.353. The van der Waals surface area contributed by atoms with Crippen molar-refractivity contribution in [3.63, 3.8) is 0 Å². The van der Waals surface area contributed by atoms with Crippen molar-refractivity contribution in [1.29, 1.82) is 0 Å². The zero-order valence-electron chi connectivity index (χ0n) is 15.4. The fourth-order valence-corrected chi connectivity index (χ4v) is 4.55. The van der Waals surface area contributed by atoms with Crippen LogP contribution >= 0.6 is 35.3 Å². The molecule has 0 fully saturated rings. The van der Waals surface area contributed by atoms with E-state index in [-0.39, 0.29) is 29.8 Å². The van der Waals surface area contributed by atoms with E-state index in [2.05, 4.69) is 15.6 Å². The van der Waals surface area contributed by atoms with Crippen LogP contribution in [0.5, 0.6) is 0 Å². The van der Waals surface area contributed by atoms with Gasteiger partial charge >= 0.3 is 0 Å². The van der Waals surface area contributed by atoms with E-state index >= 15 is 0 Å². The zero-order valence-corrected chi connectivity index (χ0v) is 19.4. The summed E-state index contributed by atoms with van der Waals surface area (Å²) >= 11 is 1.22. The van der Waals surface area contributed by atoms with Crippen LogP contribution in [0, 0.1) is 5.82 Å². The molecule has 1 heterocycles. The summed E-state index contributed by atoms with van der Waals surface area (Å²) in [5.41, 5.74) is 0.776. The Morgan fingerprint density at radius 1 is 1.22 bits per heavy atom. The summed E-state index contributed by atoms with van der Waals surface area (Å²) in [4.78, 5) is 5.31. The maximum absolute atomic E-state index is 13.2. The number of hydrogen-bond acceptors (Lipinski definition) is 4. The van der Waals surface area contributed by atoms with Gasteiger partial charge in [-0.25, -0.2) is 22.1 Å². The lowest BCUT2D eigenvalue weighted by molar-refractivity contribution is 0.523. The summed E-state index contributed by atoms with van der Waals surface area (Å²) in [6, 6.07) is 9.70. The number of aliphatic imine (C=N–C) groups is 1. The molecule has 0 aliphatic carbocycles. The second-order valence-corrected chi connectivity index (χ2v) is 9.23. The number of benzene rings is 1. The van der Waals surface area contributed by atoms with Crippen LogP contribution in [0.25, 0.3) is 0 Å². The number of guanidine groups is 1. The molecule has 0 aliphatic rings. The quantitative estimate of drug-likeness (QED) is 0.331. The Morgan fingerprint density at radius 3 is 2.59 bits per heavy atom. The van der Waals surface area contributed by atoms with Crippen LogP contribution in [-0.2, 0) is 23.1 Å². The van der Waals surface area contributed by atoms with E-state index in [4.69, 9.17) is 0 Å². The van der Waals surface area contributed by atoms with Crippen molar-refractivity contribution in [2.75, 3.05) is 20.6 Å². The average molecular weight is 526 g/mol. The van der Waals surface area contributed by atoms with Crippen LogP contribution in [0.4, 0.5) is 4.39 Å². The van der Waals surface area contributed by atoms with Gasteiger partial charge in [0, 0.05) is 25.5 Å². The summed E-state index contributed by atoms with van der Waals surface area (Å²) in [5, 5.41) is 6.28. The zero-order chi connectivity index (χ0) is 19.2. The highest BCUT2D eigenvalue weighted by atomic mass is 127. The lowest BCUT2D eigenvalue weighted by atomic mass is 10.2. The molecule has 27 heavy (non-hydrogen) atoms. The van der Waals surface area contributed by atoms with E-state index < -0.39 is 10.0 Å². The van der Waals surface area contributed by atoms with Gasteiger partial charge in [-0.3, -0.25) is 0 Å². The van der Waals surface area contributed by atoms with Crippen LogP contribution in [-0.4, -0.2) is 39.3 Å². The van der Waals surface area contributed by atoms with E-state index in [0.29, 0.717) is 29.8 Å². The average Bonchev–Trinajstić information content (AvgIpc) is 3.07. The van der Waals surface area contributed by atoms with Crippen molar-refractivity contribution in [2.45, 2.75) is 24.2 Å². The molecule has 0 saturated carbocycles. The predicted molar refractivity (Wildman–Crippen MR) is 119 cm³/mol. The van der Waals surface area contributed by atoms with Crippen LogP contribution in [0.15, 0.2) is 45.6 Å². The van der Waals surface area contributed by atoms with Crippen LogP contribution in [0.3, 0.4) is 0 Å². The van der Waals surface area contributed by atoms with E-state index in [1.165, 1.54) is 41.9 Å². The molecule has 0 atom stereocenters. The van der Waals surface area contributed by atoms with Crippen LogP contribution in [0.2, 0.25) is 0 Å². The number of sulfonamides is 1. The molecule has 1 aromatic carbocycles. The molecule has 2 rings (SSSR count). The standard InChI is InChI=1S/C17H23FN4O2S2.HI/c1-4-19-17(20-11-13-6-5-7-14(18)10-13)21-12-15-8-9-16(25-15)26(23,24)22(2)3;/h5-10H,4,11-12H2,1-3H3,(H2,19,20,21);1H. The van der Waals surface area contributed by atoms with Gasteiger partial charge in [0.1, 0.15) is 10.0 Å². The Balaban J connectivity index is 0.00000364. The first-order valence-electron chi connectivity index (χ1n) is 8.10. The van der Waals surface area contributed by atoms with E-state index in [0.717, 1.165) is 10.4 Å². The number of thiophene rings is 1. The number of nitrogens with zero attached hydrogens (tertiary/aromatic N) is 2. The first-order valence-corrected chi connectivity index (χ1v) is 10.4. The number of rotatable bonds is 7. The minimum Gasteiger partial charge on any atom is -0.357 e. The van der Waals surface area contributed by atoms with E-state index in [9.17, 15) is 12.8 Å². The van der Waals surface area contributed by atoms with Crippen LogP contribution in [0.1, 0.15) is 17.4 Å². The highest BCUT2D eigenvalue weighted by Gasteiger charge is 2.19. The minimum atomic E-state index is -3.41. The van der Waals surface area contributed by atoms with E-state index in [1.54, 1.807) is 18.2 Å². The molecule has 1 aromatic heterocycles. The predicted octanol–water partition coefficient (Wildman–Crippen LogP) is 3.01. The van der Waals surface area contributed by atoms with Crippen molar-refractivity contribution in [1.82, 2.24) is 14.9 Å². The van der Waals surface area contributed by atoms with Crippen molar-refractivity contribution in [2.24, 2.45) is 4.99 Å². The normalized spacial score (nSPS) is 12.0. The Labute approximate surface area is 181 Å². The summed E-state index contributed by atoms with van der Waals surface area (Å²) in [6.45, 7) is 3.42. The second kappa shape index (κ2) is 10.9. The molecule has 0 aliphatic heterocycles. The van der Waals surface area contributed by atoms with Crippen molar-refractivity contribution in [3.8, 4) is 0 Å². The fourth-order valence-electron chi connectivity index (χ4n) is 2.09. The van der Waals surface area contributed by atoms with Gasteiger partial charge in [-0.1, -0.05) is 12.1 Å². The van der Waals surface area contributed by atoms with Gasteiger partial charge in [-0.15, -0.1) is 35.3 Å². The van der Waals surface area contributed by atoms with Gasteiger partial charge in [-0.05, 0) is 36.8 Å². The summed E-state index contributed by atoms with van der Waals surface area (Å²) in [6.07, 6.45) is 0. The molecule has 0 unspecified atom stereocenters. The molecule has 2 aromatic rings. The lowest BCUT2D eigenvalue weighted by Gasteiger charge is -2.11. The monoisotopic (exact) mass is 526 g/mol. The van der Waals surface area contributed by atoms with Gasteiger partial charge < -0.3 is 10.6 Å². The van der Waals surface area contributed by atoms with E-state index in [1.807, 2.05) is 13.0 Å². The topological polar surface area (TPSA) is 73.8 Å². The third-order valence-electron chi connectivity index (χ3n) is 3.46. The Kier molecular flexibility index (Phi) is 9.63. The molecule has 10 heteroatoms. The van der Waals surface area contributed by atoms with Gasteiger partial charge in [-0.2, -0.15) is 0 Å². The molecule has 150 valence electrons. The third-order valence-corrected chi connectivity index (χ3v) is 6.82. The first-order chi connectivity index (χ1) is 12.3. The molecule has 6 nitrogen and oxygen atoms in total. The second-order valence-electron chi connectivity index (χ2n) is 5.69.